The van der Waals surface area contributed by atoms with Gasteiger partial charge in [-0.15, -0.1) is 0 Å². The molecule has 0 radical (unpaired) electrons. The van der Waals surface area contributed by atoms with Crippen molar-refractivity contribution in [2.24, 2.45) is 0 Å². The molecule has 0 aliphatic heterocycles. The van der Waals surface area contributed by atoms with Gasteiger partial charge in [-0.2, -0.15) is 0 Å². The minimum absolute atomic E-state index is 0.00941. The zero-order valence-corrected chi connectivity index (χ0v) is 26.3. The zero-order chi connectivity index (χ0) is 38.2. The normalized spacial score (nSPS) is 13.3. The first-order chi connectivity index (χ1) is 27.3. The molecule has 0 aliphatic carbocycles. The number of furan rings is 2. The second-order valence-corrected chi connectivity index (χ2v) is 11.9. The predicted molar refractivity (Wildman–Crippen MR) is 202 cm³/mol. The van der Waals surface area contributed by atoms with Crippen molar-refractivity contribution in [3.8, 4) is 56.4 Å². The van der Waals surface area contributed by atoms with E-state index in [1.807, 2.05) is 121 Å². The lowest BCUT2D eigenvalue weighted by Crippen LogP contribution is -2.00. The quantitative estimate of drug-likeness (QED) is 0.186. The third-order valence-electron chi connectivity index (χ3n) is 8.87. The Morgan fingerprint density at radius 2 is 1.02 bits per heavy atom. The standard InChI is InChI=1S/C45H27N3O2/c1-3-11-28(12-4-1)29-21-23-31(24-22-29)44-46-43(30-13-5-2-6-14-30)47-45(48-44)32-25-26-33-35-17-9-18-36(42(35)50-40(33)27-32)34-16-10-20-39-41(34)37-15-7-8-19-38(37)49-39/h1-27H/i9D,17D,18D,25D,26D,27D. The Labute approximate surface area is 295 Å². The third kappa shape index (κ3) is 4.67. The lowest BCUT2D eigenvalue weighted by molar-refractivity contribution is 0.668. The molecule has 10 aromatic rings. The highest BCUT2D eigenvalue weighted by Gasteiger charge is 2.19. The number of hydrogen-bond donors (Lipinski definition) is 0. The first-order valence-electron chi connectivity index (χ1n) is 19.1. The van der Waals surface area contributed by atoms with Crippen molar-refractivity contribution in [1.29, 1.82) is 0 Å². The molecule has 0 fully saturated rings. The fourth-order valence-corrected chi connectivity index (χ4v) is 6.48. The molecule has 5 heteroatoms. The number of rotatable bonds is 5. The fourth-order valence-electron chi connectivity index (χ4n) is 6.48. The summed E-state index contributed by atoms with van der Waals surface area (Å²) in [5.74, 6) is 0.647. The molecule has 234 valence electrons. The van der Waals surface area contributed by atoms with Crippen molar-refractivity contribution in [2.75, 3.05) is 0 Å². The Hall–Kier alpha value is -6.85. The van der Waals surface area contributed by atoms with Gasteiger partial charge in [0, 0.05) is 43.8 Å². The Bertz CT molecular complexity index is 3200. The van der Waals surface area contributed by atoms with E-state index in [2.05, 4.69) is 0 Å². The zero-order valence-electron chi connectivity index (χ0n) is 32.3. The molecule has 10 rings (SSSR count). The van der Waals surface area contributed by atoms with Gasteiger partial charge in [0.2, 0.25) is 0 Å². The molecule has 0 aliphatic rings. The van der Waals surface area contributed by atoms with Crippen LogP contribution in [0, 0.1) is 0 Å². The first kappa shape index (κ1) is 22.7. The number of fused-ring (bicyclic) bond motifs is 6. The molecule has 0 atom stereocenters. The molecule has 5 nitrogen and oxygen atoms in total. The fraction of sp³-hybridized carbons (Fsp3) is 0. The van der Waals surface area contributed by atoms with Crippen molar-refractivity contribution in [3.05, 3.63) is 164 Å². The summed E-state index contributed by atoms with van der Waals surface area (Å²) in [5, 5.41) is 1.63. The van der Waals surface area contributed by atoms with Gasteiger partial charge in [-0.05, 0) is 40.9 Å². The van der Waals surface area contributed by atoms with Crippen LogP contribution in [0.4, 0.5) is 0 Å². The molecule has 3 aromatic heterocycles. The number of benzene rings is 7. The summed E-state index contributed by atoms with van der Waals surface area (Å²) in [4.78, 5) is 14.4. The molecule has 7 aromatic carbocycles. The van der Waals surface area contributed by atoms with Gasteiger partial charge in [-0.25, -0.2) is 15.0 Å². The van der Waals surface area contributed by atoms with Crippen LogP contribution in [0.1, 0.15) is 8.22 Å². The van der Waals surface area contributed by atoms with E-state index in [1.54, 1.807) is 6.07 Å². The van der Waals surface area contributed by atoms with E-state index in [-0.39, 0.29) is 75.1 Å². The predicted octanol–water partition coefficient (Wildman–Crippen LogP) is 12.0. The van der Waals surface area contributed by atoms with E-state index in [0.717, 1.165) is 16.5 Å². The van der Waals surface area contributed by atoms with Gasteiger partial charge in [0.1, 0.15) is 22.3 Å². The highest BCUT2D eigenvalue weighted by Crippen LogP contribution is 2.42. The average molecular weight is 648 g/mol. The van der Waals surface area contributed by atoms with Crippen LogP contribution in [0.3, 0.4) is 0 Å². The maximum Gasteiger partial charge on any atom is 0.164 e. The van der Waals surface area contributed by atoms with Gasteiger partial charge in [0.15, 0.2) is 17.5 Å². The SMILES string of the molecule is [2H]c1c([2H])c([2H])c2c(oc3c([2H])c(-c4nc(-c5ccccc5)nc(-c5ccc(-c6ccccc6)cc5)n4)c([2H])c([2H])c32)c1-c1cccc2oc3ccccc3c12. The van der Waals surface area contributed by atoms with Gasteiger partial charge in [-0.1, -0.05) is 139 Å². The summed E-state index contributed by atoms with van der Waals surface area (Å²) in [6.45, 7) is 0. The van der Waals surface area contributed by atoms with Crippen molar-refractivity contribution < 1.29 is 17.1 Å². The number of aromatic nitrogens is 3. The monoisotopic (exact) mass is 647 g/mol. The van der Waals surface area contributed by atoms with E-state index in [4.69, 9.17) is 27.9 Å². The average Bonchev–Trinajstić information content (AvgIpc) is 3.83. The summed E-state index contributed by atoms with van der Waals surface area (Å²) in [6, 6.07) is 38.2. The van der Waals surface area contributed by atoms with E-state index in [0.29, 0.717) is 44.9 Å². The maximum absolute atomic E-state index is 9.52. The Kier molecular flexibility index (Phi) is 5.17. The van der Waals surface area contributed by atoms with Crippen LogP contribution in [-0.4, -0.2) is 15.0 Å². The third-order valence-corrected chi connectivity index (χ3v) is 8.87. The first-order valence-corrected chi connectivity index (χ1v) is 16.1. The summed E-state index contributed by atoms with van der Waals surface area (Å²) >= 11 is 0. The molecule has 0 unspecified atom stereocenters. The van der Waals surface area contributed by atoms with E-state index in [1.165, 1.54) is 0 Å². The van der Waals surface area contributed by atoms with E-state index in [9.17, 15) is 4.11 Å². The van der Waals surface area contributed by atoms with Crippen molar-refractivity contribution in [3.63, 3.8) is 0 Å². The summed E-state index contributed by atoms with van der Waals surface area (Å²) in [7, 11) is 0. The molecule has 0 spiro atoms. The van der Waals surface area contributed by atoms with Gasteiger partial charge >= 0.3 is 0 Å². The molecule has 3 heterocycles. The van der Waals surface area contributed by atoms with Crippen LogP contribution in [0.15, 0.2) is 172 Å². The minimum Gasteiger partial charge on any atom is -0.456 e. The van der Waals surface area contributed by atoms with Crippen molar-refractivity contribution in [1.82, 2.24) is 15.0 Å². The van der Waals surface area contributed by atoms with Crippen molar-refractivity contribution in [2.45, 2.75) is 0 Å². The number of para-hydroxylation sites is 2. The molecular weight excluding hydrogens is 615 g/mol. The Morgan fingerprint density at radius 1 is 0.400 bits per heavy atom. The maximum atomic E-state index is 9.52. The Balaban J connectivity index is 1.22. The summed E-state index contributed by atoms with van der Waals surface area (Å²) < 4.78 is 67.7. The van der Waals surface area contributed by atoms with E-state index >= 15 is 0 Å². The number of hydrogen-bond acceptors (Lipinski definition) is 5. The highest BCUT2D eigenvalue weighted by atomic mass is 16.3. The lowest BCUT2D eigenvalue weighted by Gasteiger charge is -2.09. The largest absolute Gasteiger partial charge is 0.456 e. The van der Waals surface area contributed by atoms with Gasteiger partial charge in [0.05, 0.1) is 8.22 Å². The minimum atomic E-state index is -0.366. The molecule has 0 saturated heterocycles. The van der Waals surface area contributed by atoms with Crippen LogP contribution >= 0.6 is 0 Å². The lowest BCUT2D eigenvalue weighted by atomic mass is 9.97. The molecule has 50 heavy (non-hydrogen) atoms. The molecule has 0 bridgehead atoms. The molecule has 0 amide bonds. The topological polar surface area (TPSA) is 65.0 Å². The van der Waals surface area contributed by atoms with Crippen LogP contribution in [0.2, 0.25) is 0 Å². The van der Waals surface area contributed by atoms with Crippen LogP contribution in [0.25, 0.3) is 100 Å². The summed E-state index contributed by atoms with van der Waals surface area (Å²) in [6.07, 6.45) is 0. The van der Waals surface area contributed by atoms with Crippen LogP contribution < -0.4 is 0 Å². The second kappa shape index (κ2) is 11.4. The van der Waals surface area contributed by atoms with E-state index < -0.39 is 0 Å². The highest BCUT2D eigenvalue weighted by molar-refractivity contribution is 6.17. The van der Waals surface area contributed by atoms with Crippen LogP contribution in [-0.2, 0) is 0 Å². The van der Waals surface area contributed by atoms with Crippen LogP contribution in [0.5, 0.6) is 0 Å². The Morgan fingerprint density at radius 3 is 1.80 bits per heavy atom. The molecule has 0 saturated carbocycles. The van der Waals surface area contributed by atoms with Gasteiger partial charge < -0.3 is 8.83 Å². The number of nitrogens with zero attached hydrogens (tertiary/aromatic N) is 3. The second-order valence-electron chi connectivity index (χ2n) is 11.9. The smallest absolute Gasteiger partial charge is 0.164 e. The summed E-state index contributed by atoms with van der Waals surface area (Å²) in [5.41, 5.74) is 5.41. The van der Waals surface area contributed by atoms with Gasteiger partial charge in [-0.3, -0.25) is 0 Å². The van der Waals surface area contributed by atoms with Crippen molar-refractivity contribution >= 4 is 43.9 Å². The molecule has 0 N–H and O–H groups in total. The van der Waals surface area contributed by atoms with Gasteiger partial charge in [0.25, 0.3) is 0 Å². The molecular formula is C45H27N3O2.